The molecule has 1 aliphatic rings. The second-order valence-electron chi connectivity index (χ2n) is 6.46. The average Bonchev–Trinajstić information content (AvgIpc) is 3.37. The zero-order chi connectivity index (χ0) is 18.1. The molecule has 2 aromatic heterocycles. The third-order valence-corrected chi connectivity index (χ3v) is 4.73. The van der Waals surface area contributed by atoms with Crippen LogP contribution in [0.4, 0.5) is 0 Å². The summed E-state index contributed by atoms with van der Waals surface area (Å²) in [6, 6.07) is 18.1. The number of rotatable bonds is 4. The summed E-state index contributed by atoms with van der Waals surface area (Å²) in [4.78, 5) is 14.0. The Hall–Kier alpha value is -3.22. The maximum absolute atomic E-state index is 5.89. The van der Waals surface area contributed by atoms with Crippen molar-refractivity contribution in [2.45, 2.75) is 6.04 Å². The summed E-state index contributed by atoms with van der Waals surface area (Å²) in [5.74, 6) is 1.63. The standard InChI is InChI=1S/C21H18N4O2/c1-2-4-17(5-3-1)27-18-8-6-15(7-9-18)20-12-25(16-10-24-26-13-16)21-19(20)11-22-14-23-21/h1-9,11-12,14,16,24H,10,13H2. The Labute approximate surface area is 156 Å². The second-order valence-corrected chi connectivity index (χ2v) is 6.46. The highest BCUT2D eigenvalue weighted by atomic mass is 16.7. The van der Waals surface area contributed by atoms with Gasteiger partial charge in [0.25, 0.3) is 0 Å². The molecule has 1 fully saturated rings. The molecule has 0 bridgehead atoms. The van der Waals surface area contributed by atoms with E-state index in [1.807, 2.05) is 48.7 Å². The molecule has 1 aliphatic heterocycles. The van der Waals surface area contributed by atoms with Crippen molar-refractivity contribution in [3.05, 3.63) is 73.3 Å². The van der Waals surface area contributed by atoms with Crippen molar-refractivity contribution >= 4 is 11.0 Å². The average molecular weight is 358 g/mol. The van der Waals surface area contributed by atoms with E-state index in [2.05, 4.69) is 38.3 Å². The zero-order valence-corrected chi connectivity index (χ0v) is 14.6. The van der Waals surface area contributed by atoms with Crippen molar-refractivity contribution < 1.29 is 9.57 Å². The van der Waals surface area contributed by atoms with E-state index in [0.29, 0.717) is 6.61 Å². The fourth-order valence-corrected chi connectivity index (χ4v) is 3.37. The van der Waals surface area contributed by atoms with Gasteiger partial charge in [-0.25, -0.2) is 15.4 Å². The molecule has 6 nitrogen and oxygen atoms in total. The Kier molecular flexibility index (Phi) is 4.04. The van der Waals surface area contributed by atoms with Crippen LogP contribution in [0, 0.1) is 0 Å². The maximum atomic E-state index is 5.89. The molecule has 0 amide bonds. The Bertz CT molecular complexity index is 1050. The van der Waals surface area contributed by atoms with Crippen molar-refractivity contribution in [2.24, 2.45) is 0 Å². The van der Waals surface area contributed by atoms with Crippen LogP contribution in [0.3, 0.4) is 0 Å². The lowest BCUT2D eigenvalue weighted by Crippen LogP contribution is -2.13. The van der Waals surface area contributed by atoms with Crippen molar-refractivity contribution in [1.82, 2.24) is 20.0 Å². The van der Waals surface area contributed by atoms with Gasteiger partial charge >= 0.3 is 0 Å². The minimum Gasteiger partial charge on any atom is -0.457 e. The van der Waals surface area contributed by atoms with E-state index in [0.717, 1.165) is 40.2 Å². The van der Waals surface area contributed by atoms with Crippen LogP contribution >= 0.6 is 0 Å². The fourth-order valence-electron chi connectivity index (χ4n) is 3.37. The third kappa shape index (κ3) is 3.05. The first kappa shape index (κ1) is 16.0. The van der Waals surface area contributed by atoms with Gasteiger partial charge in [0.15, 0.2) is 0 Å². The predicted octanol–water partition coefficient (Wildman–Crippen LogP) is 3.97. The Balaban J connectivity index is 1.50. The maximum Gasteiger partial charge on any atom is 0.144 e. The van der Waals surface area contributed by atoms with Crippen LogP contribution in [0.1, 0.15) is 6.04 Å². The molecule has 0 aliphatic carbocycles. The molecule has 3 heterocycles. The summed E-state index contributed by atoms with van der Waals surface area (Å²) in [5, 5.41) is 1.03. The van der Waals surface area contributed by atoms with E-state index >= 15 is 0 Å². The SMILES string of the molecule is c1ccc(Oc2ccc(-c3cn(C4CNOC4)c4ncncc34)cc2)cc1. The first-order valence-electron chi connectivity index (χ1n) is 8.87. The van der Waals surface area contributed by atoms with Gasteiger partial charge in [0.05, 0.1) is 12.6 Å². The fraction of sp³-hybridized carbons (Fsp3) is 0.143. The molecule has 6 heteroatoms. The van der Waals surface area contributed by atoms with Gasteiger partial charge < -0.3 is 9.30 Å². The number of hydroxylamine groups is 1. The molecule has 1 unspecified atom stereocenters. The molecule has 0 radical (unpaired) electrons. The van der Waals surface area contributed by atoms with Crippen LogP contribution < -0.4 is 10.2 Å². The molecular weight excluding hydrogens is 340 g/mol. The molecule has 4 aromatic rings. The summed E-state index contributed by atoms with van der Waals surface area (Å²) in [6.07, 6.45) is 5.59. The second kappa shape index (κ2) is 6.83. The predicted molar refractivity (Wildman–Crippen MR) is 102 cm³/mol. The number of hydrogen-bond acceptors (Lipinski definition) is 5. The quantitative estimate of drug-likeness (QED) is 0.598. The Morgan fingerprint density at radius 2 is 1.85 bits per heavy atom. The highest BCUT2D eigenvalue weighted by Gasteiger charge is 2.22. The lowest BCUT2D eigenvalue weighted by atomic mass is 10.1. The van der Waals surface area contributed by atoms with E-state index < -0.39 is 0 Å². The van der Waals surface area contributed by atoms with Gasteiger partial charge in [-0.3, -0.25) is 4.84 Å². The van der Waals surface area contributed by atoms with E-state index in [-0.39, 0.29) is 6.04 Å². The summed E-state index contributed by atoms with van der Waals surface area (Å²) in [6.45, 7) is 1.38. The number of benzene rings is 2. The van der Waals surface area contributed by atoms with Gasteiger partial charge in [0, 0.05) is 29.9 Å². The van der Waals surface area contributed by atoms with E-state index in [1.165, 1.54) is 0 Å². The molecule has 2 aromatic carbocycles. The number of ether oxygens (including phenoxy) is 1. The number of nitrogens with one attached hydrogen (secondary N) is 1. The molecule has 0 spiro atoms. The van der Waals surface area contributed by atoms with Gasteiger partial charge in [-0.2, -0.15) is 0 Å². The van der Waals surface area contributed by atoms with Crippen LogP contribution in [-0.4, -0.2) is 27.7 Å². The lowest BCUT2D eigenvalue weighted by molar-refractivity contribution is 0.0978. The molecular formula is C21H18N4O2. The van der Waals surface area contributed by atoms with E-state index in [9.17, 15) is 0 Å². The molecule has 134 valence electrons. The highest BCUT2D eigenvalue weighted by molar-refractivity contribution is 5.93. The summed E-state index contributed by atoms with van der Waals surface area (Å²) in [7, 11) is 0. The van der Waals surface area contributed by atoms with Crippen LogP contribution in [0.25, 0.3) is 22.2 Å². The summed E-state index contributed by atoms with van der Waals surface area (Å²) in [5.41, 5.74) is 6.05. The number of hydrogen-bond donors (Lipinski definition) is 1. The largest absolute Gasteiger partial charge is 0.457 e. The monoisotopic (exact) mass is 358 g/mol. The molecule has 0 saturated carbocycles. The zero-order valence-electron chi connectivity index (χ0n) is 14.6. The summed E-state index contributed by atoms with van der Waals surface area (Å²) >= 11 is 0. The minimum absolute atomic E-state index is 0.219. The first-order valence-corrected chi connectivity index (χ1v) is 8.87. The van der Waals surface area contributed by atoms with Crippen LogP contribution in [0.15, 0.2) is 73.3 Å². The summed E-state index contributed by atoms with van der Waals surface area (Å²) < 4.78 is 8.06. The van der Waals surface area contributed by atoms with Crippen LogP contribution in [-0.2, 0) is 4.84 Å². The van der Waals surface area contributed by atoms with Crippen molar-refractivity contribution in [3.8, 4) is 22.6 Å². The van der Waals surface area contributed by atoms with Crippen LogP contribution in [0.5, 0.6) is 11.5 Å². The number of para-hydroxylation sites is 1. The van der Waals surface area contributed by atoms with Gasteiger partial charge in [-0.1, -0.05) is 30.3 Å². The molecule has 1 N–H and O–H groups in total. The first-order chi connectivity index (χ1) is 13.4. The molecule has 5 rings (SSSR count). The van der Waals surface area contributed by atoms with Gasteiger partial charge in [0.2, 0.25) is 0 Å². The van der Waals surface area contributed by atoms with Gasteiger partial charge in [-0.15, -0.1) is 0 Å². The smallest absolute Gasteiger partial charge is 0.144 e. The number of fused-ring (bicyclic) bond motifs is 1. The minimum atomic E-state index is 0.219. The van der Waals surface area contributed by atoms with E-state index in [1.54, 1.807) is 6.33 Å². The Morgan fingerprint density at radius 1 is 1.04 bits per heavy atom. The number of aromatic nitrogens is 3. The lowest BCUT2D eigenvalue weighted by Gasteiger charge is -2.09. The normalized spacial score (nSPS) is 16.7. The molecule has 1 saturated heterocycles. The van der Waals surface area contributed by atoms with Crippen molar-refractivity contribution in [2.75, 3.05) is 13.2 Å². The van der Waals surface area contributed by atoms with Crippen molar-refractivity contribution in [1.29, 1.82) is 0 Å². The molecule has 27 heavy (non-hydrogen) atoms. The molecule has 1 atom stereocenters. The van der Waals surface area contributed by atoms with Crippen molar-refractivity contribution in [3.63, 3.8) is 0 Å². The number of nitrogens with zero attached hydrogens (tertiary/aromatic N) is 3. The topological polar surface area (TPSA) is 61.2 Å². The van der Waals surface area contributed by atoms with Gasteiger partial charge in [-0.05, 0) is 29.8 Å². The van der Waals surface area contributed by atoms with Gasteiger partial charge in [0.1, 0.15) is 23.5 Å². The van der Waals surface area contributed by atoms with Crippen LogP contribution in [0.2, 0.25) is 0 Å². The Morgan fingerprint density at radius 3 is 2.63 bits per heavy atom. The van der Waals surface area contributed by atoms with E-state index in [4.69, 9.17) is 9.57 Å². The highest BCUT2D eigenvalue weighted by Crippen LogP contribution is 2.33. The third-order valence-electron chi connectivity index (χ3n) is 4.73.